The Balaban J connectivity index is 2.89. The van der Waals surface area contributed by atoms with Crippen LogP contribution in [0.2, 0.25) is 0 Å². The van der Waals surface area contributed by atoms with E-state index in [9.17, 15) is 0 Å². The molecular weight excluding hydrogens is 216 g/mol. The lowest BCUT2D eigenvalue weighted by Crippen LogP contribution is -2.14. The van der Waals surface area contributed by atoms with E-state index in [1.54, 1.807) is 0 Å². The molecule has 0 fully saturated rings. The van der Waals surface area contributed by atoms with Gasteiger partial charge >= 0.3 is 0 Å². The second-order valence-electron chi connectivity index (χ2n) is 6.06. The van der Waals surface area contributed by atoms with E-state index in [1.807, 2.05) is 0 Å². The minimum Gasteiger partial charge on any atom is -0.0952 e. The van der Waals surface area contributed by atoms with Gasteiger partial charge in [-0.15, -0.1) is 0 Å². The summed E-state index contributed by atoms with van der Waals surface area (Å²) in [5.41, 5.74) is 4.53. The standard InChI is InChI=1S/C18H28/c1-6-8-11-15(3)17-13-10-9-12-16(17)14-18(4,5)7-2/h9-10,12-13H,3,6-8,11,14H2,1-2,4-5H3. The average Bonchev–Trinajstić information content (AvgIpc) is 2.36. The van der Waals surface area contributed by atoms with Gasteiger partial charge in [-0.05, 0) is 41.4 Å². The number of rotatable bonds is 7. The van der Waals surface area contributed by atoms with Crippen molar-refractivity contribution < 1.29 is 0 Å². The Kier molecular flexibility index (Phi) is 5.65. The first-order chi connectivity index (χ1) is 8.50. The Hall–Kier alpha value is -1.04. The van der Waals surface area contributed by atoms with Crippen LogP contribution in [0.1, 0.15) is 64.5 Å². The summed E-state index contributed by atoms with van der Waals surface area (Å²) in [6.45, 7) is 13.5. The number of benzene rings is 1. The fourth-order valence-electron chi connectivity index (χ4n) is 2.18. The van der Waals surface area contributed by atoms with Crippen molar-refractivity contribution in [1.29, 1.82) is 0 Å². The zero-order valence-corrected chi connectivity index (χ0v) is 12.6. The van der Waals surface area contributed by atoms with Crippen molar-refractivity contribution >= 4 is 5.57 Å². The summed E-state index contributed by atoms with van der Waals surface area (Å²) < 4.78 is 0. The molecule has 0 heterocycles. The Morgan fingerprint density at radius 3 is 2.44 bits per heavy atom. The van der Waals surface area contributed by atoms with Crippen LogP contribution < -0.4 is 0 Å². The topological polar surface area (TPSA) is 0 Å². The summed E-state index contributed by atoms with van der Waals surface area (Å²) in [5, 5.41) is 0. The number of hydrogen-bond acceptors (Lipinski definition) is 0. The molecule has 0 heteroatoms. The maximum absolute atomic E-state index is 4.28. The lowest BCUT2D eigenvalue weighted by molar-refractivity contribution is 0.349. The molecule has 18 heavy (non-hydrogen) atoms. The molecule has 1 aromatic carbocycles. The van der Waals surface area contributed by atoms with Crippen LogP contribution in [-0.4, -0.2) is 0 Å². The van der Waals surface area contributed by atoms with Crippen molar-refractivity contribution in [1.82, 2.24) is 0 Å². The van der Waals surface area contributed by atoms with Crippen LogP contribution in [0.25, 0.3) is 5.57 Å². The number of hydrogen-bond donors (Lipinski definition) is 0. The van der Waals surface area contributed by atoms with Gasteiger partial charge in [-0.3, -0.25) is 0 Å². The van der Waals surface area contributed by atoms with Crippen molar-refractivity contribution in [3.8, 4) is 0 Å². The molecule has 0 radical (unpaired) electrons. The zero-order chi connectivity index (χ0) is 13.6. The van der Waals surface area contributed by atoms with E-state index in [-0.39, 0.29) is 0 Å². The van der Waals surface area contributed by atoms with Gasteiger partial charge in [0.25, 0.3) is 0 Å². The van der Waals surface area contributed by atoms with E-state index in [1.165, 1.54) is 36.0 Å². The molecule has 0 aromatic heterocycles. The Bertz CT molecular complexity index is 385. The van der Waals surface area contributed by atoms with Crippen LogP contribution in [0.3, 0.4) is 0 Å². The van der Waals surface area contributed by atoms with Gasteiger partial charge in [0.15, 0.2) is 0 Å². The molecule has 0 aliphatic carbocycles. The minimum atomic E-state index is 0.376. The molecule has 1 aromatic rings. The lowest BCUT2D eigenvalue weighted by atomic mass is 9.81. The van der Waals surface area contributed by atoms with Gasteiger partial charge in [-0.1, -0.05) is 71.4 Å². The van der Waals surface area contributed by atoms with Crippen LogP contribution in [0.5, 0.6) is 0 Å². The van der Waals surface area contributed by atoms with Crippen molar-refractivity contribution in [2.75, 3.05) is 0 Å². The highest BCUT2D eigenvalue weighted by molar-refractivity contribution is 5.66. The van der Waals surface area contributed by atoms with Gasteiger partial charge in [0.05, 0.1) is 0 Å². The molecule has 1 rings (SSSR count). The fourth-order valence-corrected chi connectivity index (χ4v) is 2.18. The highest BCUT2D eigenvalue weighted by Gasteiger charge is 2.18. The third-order valence-corrected chi connectivity index (χ3v) is 3.86. The highest BCUT2D eigenvalue weighted by Crippen LogP contribution is 2.30. The summed E-state index contributed by atoms with van der Waals surface area (Å²) in [5.74, 6) is 0. The molecule has 0 saturated heterocycles. The Labute approximate surface area is 113 Å². The van der Waals surface area contributed by atoms with Gasteiger partial charge in [0, 0.05) is 0 Å². The molecule has 0 atom stereocenters. The maximum atomic E-state index is 4.28. The molecule has 0 saturated carbocycles. The van der Waals surface area contributed by atoms with Crippen molar-refractivity contribution in [2.24, 2.45) is 5.41 Å². The fraction of sp³-hybridized carbons (Fsp3) is 0.556. The third kappa shape index (κ3) is 4.33. The molecular formula is C18H28. The van der Waals surface area contributed by atoms with E-state index >= 15 is 0 Å². The lowest BCUT2D eigenvalue weighted by Gasteiger charge is -2.24. The van der Waals surface area contributed by atoms with Crippen LogP contribution >= 0.6 is 0 Å². The summed E-state index contributed by atoms with van der Waals surface area (Å²) in [6.07, 6.45) is 5.96. The van der Waals surface area contributed by atoms with E-state index in [0.717, 1.165) is 12.8 Å². The Morgan fingerprint density at radius 1 is 1.17 bits per heavy atom. The van der Waals surface area contributed by atoms with E-state index < -0.39 is 0 Å². The highest BCUT2D eigenvalue weighted by atomic mass is 14.2. The first kappa shape index (κ1) is 15.0. The number of unbranched alkanes of at least 4 members (excludes halogenated alkanes) is 1. The first-order valence-corrected chi connectivity index (χ1v) is 7.26. The third-order valence-electron chi connectivity index (χ3n) is 3.86. The van der Waals surface area contributed by atoms with Gasteiger partial charge in [-0.25, -0.2) is 0 Å². The molecule has 0 nitrogen and oxygen atoms in total. The molecule has 0 unspecified atom stereocenters. The molecule has 0 N–H and O–H groups in total. The largest absolute Gasteiger partial charge is 0.0952 e. The van der Waals surface area contributed by atoms with Crippen molar-refractivity contribution in [2.45, 2.75) is 59.8 Å². The normalized spacial score (nSPS) is 11.6. The molecule has 0 amide bonds. The first-order valence-electron chi connectivity index (χ1n) is 7.26. The minimum absolute atomic E-state index is 0.376. The molecule has 0 spiro atoms. The smallest absolute Gasteiger partial charge is 0.0198 e. The van der Waals surface area contributed by atoms with E-state index in [4.69, 9.17) is 0 Å². The SMILES string of the molecule is C=C(CCCC)c1ccccc1CC(C)(C)CC. The quantitative estimate of drug-likeness (QED) is 0.563. The van der Waals surface area contributed by atoms with E-state index in [0.29, 0.717) is 5.41 Å². The van der Waals surface area contributed by atoms with Gasteiger partial charge in [0.1, 0.15) is 0 Å². The molecule has 0 bridgehead atoms. The van der Waals surface area contributed by atoms with Crippen LogP contribution in [0.15, 0.2) is 30.8 Å². The summed E-state index contributed by atoms with van der Waals surface area (Å²) in [4.78, 5) is 0. The van der Waals surface area contributed by atoms with Gasteiger partial charge < -0.3 is 0 Å². The van der Waals surface area contributed by atoms with Crippen molar-refractivity contribution in [3.05, 3.63) is 42.0 Å². The van der Waals surface area contributed by atoms with Crippen LogP contribution in [0.4, 0.5) is 0 Å². The second kappa shape index (κ2) is 6.78. The van der Waals surface area contributed by atoms with E-state index in [2.05, 4.69) is 58.5 Å². The second-order valence-corrected chi connectivity index (χ2v) is 6.06. The monoisotopic (exact) mass is 244 g/mol. The van der Waals surface area contributed by atoms with Crippen LogP contribution in [-0.2, 0) is 6.42 Å². The Morgan fingerprint density at radius 2 is 1.83 bits per heavy atom. The summed E-state index contributed by atoms with van der Waals surface area (Å²) >= 11 is 0. The maximum Gasteiger partial charge on any atom is -0.0198 e. The zero-order valence-electron chi connectivity index (χ0n) is 12.6. The van der Waals surface area contributed by atoms with Gasteiger partial charge in [0.2, 0.25) is 0 Å². The number of allylic oxidation sites excluding steroid dienone is 1. The molecule has 100 valence electrons. The molecule has 0 aliphatic rings. The predicted octanol–water partition coefficient (Wildman–Crippen LogP) is 5.87. The van der Waals surface area contributed by atoms with Gasteiger partial charge in [-0.2, -0.15) is 0 Å². The van der Waals surface area contributed by atoms with Crippen LogP contribution in [0, 0.1) is 5.41 Å². The summed E-state index contributed by atoms with van der Waals surface area (Å²) in [7, 11) is 0. The van der Waals surface area contributed by atoms with Crippen molar-refractivity contribution in [3.63, 3.8) is 0 Å². The molecule has 0 aliphatic heterocycles. The average molecular weight is 244 g/mol. The summed E-state index contributed by atoms with van der Waals surface area (Å²) in [6, 6.07) is 8.79. The predicted molar refractivity (Wildman–Crippen MR) is 82.8 cm³/mol.